The highest BCUT2D eigenvalue weighted by Crippen LogP contribution is 2.38. The average Bonchev–Trinajstić information content (AvgIpc) is 2.68. The molecule has 28 heavy (non-hydrogen) atoms. The number of fused-ring (bicyclic) bond motifs is 1. The Labute approximate surface area is 159 Å². The molecule has 3 rings (SSSR count). The zero-order chi connectivity index (χ0) is 20.3. The minimum absolute atomic E-state index is 0.0189. The van der Waals surface area contributed by atoms with Crippen LogP contribution in [0.4, 0.5) is 0 Å². The number of phenolic OH excluding ortho intramolecular Hbond substituents is 2. The molecule has 0 radical (unpaired) electrons. The highest BCUT2D eigenvalue weighted by Gasteiger charge is 2.20. The first kappa shape index (κ1) is 18.6. The number of hydrogen-bond donors (Lipinski definition) is 3. The fourth-order valence-electron chi connectivity index (χ4n) is 2.47. The van der Waals surface area contributed by atoms with Crippen LogP contribution in [0.15, 0.2) is 39.5 Å². The van der Waals surface area contributed by atoms with Gasteiger partial charge in [-0.15, -0.1) is 0 Å². The van der Waals surface area contributed by atoms with E-state index in [0.717, 1.165) is 0 Å². The molecule has 0 aliphatic carbocycles. The monoisotopic (exact) mass is 378 g/mol. The van der Waals surface area contributed by atoms with E-state index in [4.69, 9.17) is 13.9 Å². The van der Waals surface area contributed by atoms with Crippen LogP contribution in [0.5, 0.6) is 28.7 Å². The lowest BCUT2D eigenvalue weighted by molar-refractivity contribution is 0.424. The van der Waals surface area contributed by atoms with E-state index in [1.165, 1.54) is 30.3 Å². The van der Waals surface area contributed by atoms with E-state index in [1.54, 1.807) is 13.8 Å². The maximum absolute atomic E-state index is 12.6. The van der Waals surface area contributed by atoms with Gasteiger partial charge in [-0.3, -0.25) is 4.79 Å². The maximum atomic E-state index is 12.6. The largest absolute Gasteiger partial charge is 0.507 e. The van der Waals surface area contributed by atoms with Gasteiger partial charge in [0.1, 0.15) is 34.7 Å². The molecule has 0 aliphatic rings. The quantitative estimate of drug-likeness (QED) is 0.600. The Bertz CT molecular complexity index is 1250. The minimum Gasteiger partial charge on any atom is -0.507 e. The number of aromatic hydroxyl groups is 3. The van der Waals surface area contributed by atoms with Gasteiger partial charge in [-0.2, -0.15) is 0 Å². The second-order valence-corrected chi connectivity index (χ2v) is 5.52. The molecule has 0 aliphatic heterocycles. The third-order valence-electron chi connectivity index (χ3n) is 3.68. The number of ether oxygens (including phenoxy) is 2. The summed E-state index contributed by atoms with van der Waals surface area (Å²) >= 11 is 0. The van der Waals surface area contributed by atoms with E-state index in [1.807, 2.05) is 0 Å². The molecule has 2 aromatic carbocycles. The van der Waals surface area contributed by atoms with Crippen LogP contribution in [0.2, 0.25) is 0 Å². The number of phenols is 2. The van der Waals surface area contributed by atoms with Gasteiger partial charge in [0.15, 0.2) is 17.3 Å². The molecule has 3 N–H and O–H groups in total. The van der Waals surface area contributed by atoms with E-state index >= 15 is 0 Å². The van der Waals surface area contributed by atoms with Gasteiger partial charge in [-0.05, 0) is 18.2 Å². The lowest BCUT2D eigenvalue weighted by Gasteiger charge is -2.09. The molecule has 1 aromatic heterocycles. The summed E-state index contributed by atoms with van der Waals surface area (Å²) in [4.78, 5) is 12.6. The van der Waals surface area contributed by atoms with E-state index in [-0.39, 0.29) is 39.5 Å². The maximum Gasteiger partial charge on any atom is 0.238 e. The zero-order valence-electron chi connectivity index (χ0n) is 14.9. The van der Waals surface area contributed by atoms with Crippen LogP contribution < -0.4 is 14.9 Å². The molecule has 0 saturated carbocycles. The fourth-order valence-corrected chi connectivity index (χ4v) is 2.47. The van der Waals surface area contributed by atoms with Gasteiger partial charge in [0, 0.05) is 31.5 Å². The van der Waals surface area contributed by atoms with Crippen LogP contribution in [0.25, 0.3) is 22.3 Å². The summed E-state index contributed by atoms with van der Waals surface area (Å²) in [6.45, 7) is 3.13. The second-order valence-electron chi connectivity index (χ2n) is 5.52. The summed E-state index contributed by atoms with van der Waals surface area (Å²) in [6, 6.07) is 6.64. The summed E-state index contributed by atoms with van der Waals surface area (Å²) in [5.74, 6) is 3.75. The molecular formula is C21H14O7. The van der Waals surface area contributed by atoms with Crippen molar-refractivity contribution in [2.45, 2.75) is 13.8 Å². The van der Waals surface area contributed by atoms with Crippen LogP contribution in [0.3, 0.4) is 0 Å². The molecule has 7 heteroatoms. The summed E-state index contributed by atoms with van der Waals surface area (Å²) < 4.78 is 15.9. The number of hydrogen-bond acceptors (Lipinski definition) is 7. The Hall–Kier alpha value is -4.23. The van der Waals surface area contributed by atoms with Crippen molar-refractivity contribution < 1.29 is 29.2 Å². The average molecular weight is 378 g/mol. The van der Waals surface area contributed by atoms with Crippen LogP contribution in [-0.4, -0.2) is 15.3 Å². The number of benzene rings is 2. The van der Waals surface area contributed by atoms with Gasteiger partial charge in [0.2, 0.25) is 11.2 Å². The molecule has 0 unspecified atom stereocenters. The molecule has 7 nitrogen and oxygen atoms in total. The first-order chi connectivity index (χ1) is 13.5. The first-order valence-corrected chi connectivity index (χ1v) is 7.99. The Morgan fingerprint density at radius 2 is 1.64 bits per heavy atom. The van der Waals surface area contributed by atoms with E-state index in [2.05, 4.69) is 24.1 Å². The molecule has 0 spiro atoms. The lowest BCUT2D eigenvalue weighted by Crippen LogP contribution is -2.03. The van der Waals surface area contributed by atoms with Gasteiger partial charge in [-0.25, -0.2) is 0 Å². The first-order valence-electron chi connectivity index (χ1n) is 7.99. The number of rotatable bonds is 3. The van der Waals surface area contributed by atoms with Crippen LogP contribution in [-0.2, 0) is 0 Å². The third kappa shape index (κ3) is 3.37. The van der Waals surface area contributed by atoms with Crippen molar-refractivity contribution in [3.05, 3.63) is 40.6 Å². The van der Waals surface area contributed by atoms with E-state index in [9.17, 15) is 20.1 Å². The third-order valence-corrected chi connectivity index (χ3v) is 3.68. The van der Waals surface area contributed by atoms with Crippen molar-refractivity contribution in [1.29, 1.82) is 0 Å². The van der Waals surface area contributed by atoms with E-state index < -0.39 is 16.9 Å². The molecule has 140 valence electrons. The SMILES string of the molecule is CC#COc1cc(O)c2c(=O)c(O)c(-c3ccc(O)c(OC#CC)c3)oc2c1. The molecule has 1 heterocycles. The molecular weight excluding hydrogens is 364 g/mol. The van der Waals surface area contributed by atoms with Crippen LogP contribution in [0, 0.1) is 24.1 Å². The molecule has 0 saturated heterocycles. The predicted octanol–water partition coefficient (Wildman–Crippen LogP) is 3.30. The summed E-state index contributed by atoms with van der Waals surface area (Å²) in [5.41, 5.74) is -0.596. The topological polar surface area (TPSA) is 109 Å². The van der Waals surface area contributed by atoms with Crippen molar-refractivity contribution in [3.63, 3.8) is 0 Å². The van der Waals surface area contributed by atoms with Gasteiger partial charge < -0.3 is 29.2 Å². The molecule has 0 amide bonds. The fraction of sp³-hybridized carbons (Fsp3) is 0.0952. The van der Waals surface area contributed by atoms with Crippen molar-refractivity contribution in [3.8, 4) is 64.1 Å². The zero-order valence-corrected chi connectivity index (χ0v) is 14.9. The summed E-state index contributed by atoms with van der Waals surface area (Å²) in [6.07, 6.45) is 4.72. The van der Waals surface area contributed by atoms with Crippen molar-refractivity contribution >= 4 is 11.0 Å². The standard InChI is InChI=1S/C21H14O7/c1-3-7-26-13-10-15(23)18-17(11-13)28-21(20(25)19(18)24)12-5-6-14(22)16(9-12)27-8-4-2/h5-6,9-11,22-23,25H,1-2H3. The Kier molecular flexibility index (Phi) is 5.01. The Morgan fingerprint density at radius 3 is 2.36 bits per heavy atom. The minimum atomic E-state index is -0.828. The van der Waals surface area contributed by atoms with Gasteiger partial charge in [0.25, 0.3) is 0 Å². The molecule has 0 bridgehead atoms. The Morgan fingerprint density at radius 1 is 0.929 bits per heavy atom. The highest BCUT2D eigenvalue weighted by molar-refractivity contribution is 5.88. The second kappa shape index (κ2) is 7.56. The molecule has 0 atom stereocenters. The van der Waals surface area contributed by atoms with Crippen molar-refractivity contribution in [1.82, 2.24) is 0 Å². The van der Waals surface area contributed by atoms with Gasteiger partial charge in [0.05, 0.1) is 0 Å². The predicted molar refractivity (Wildman–Crippen MR) is 101 cm³/mol. The Balaban J connectivity index is 2.23. The summed E-state index contributed by atoms with van der Waals surface area (Å²) in [5, 5.41) is 30.1. The van der Waals surface area contributed by atoms with Crippen molar-refractivity contribution in [2.24, 2.45) is 0 Å². The highest BCUT2D eigenvalue weighted by atomic mass is 16.5. The lowest BCUT2D eigenvalue weighted by atomic mass is 10.1. The van der Waals surface area contributed by atoms with Crippen LogP contribution in [0.1, 0.15) is 13.8 Å². The molecule has 3 aromatic rings. The van der Waals surface area contributed by atoms with Gasteiger partial charge >= 0.3 is 0 Å². The van der Waals surface area contributed by atoms with Crippen molar-refractivity contribution in [2.75, 3.05) is 0 Å². The summed E-state index contributed by atoms with van der Waals surface area (Å²) in [7, 11) is 0. The smallest absolute Gasteiger partial charge is 0.238 e. The van der Waals surface area contributed by atoms with E-state index in [0.29, 0.717) is 0 Å². The molecule has 0 fully saturated rings. The van der Waals surface area contributed by atoms with Gasteiger partial charge in [-0.1, -0.05) is 11.8 Å². The van der Waals surface area contributed by atoms with Crippen LogP contribution >= 0.6 is 0 Å². The normalized spacial score (nSPS) is 9.79.